The molecular formula is C19H23NO3S. The minimum Gasteiger partial charge on any atom is -0.293 e. The SMILES string of the molecule is Cc1ccc(S(=O)(=O)C(NCC(=O)c2ccccc2)C(C)C)cc1. The molecule has 0 saturated heterocycles. The van der Waals surface area contributed by atoms with Crippen molar-refractivity contribution in [3.05, 3.63) is 65.7 Å². The molecule has 24 heavy (non-hydrogen) atoms. The summed E-state index contributed by atoms with van der Waals surface area (Å²) in [4.78, 5) is 12.5. The Bertz CT molecular complexity index is 781. The highest BCUT2D eigenvalue weighted by atomic mass is 32.2. The molecule has 0 amide bonds. The minimum atomic E-state index is -3.56. The van der Waals surface area contributed by atoms with Gasteiger partial charge in [0, 0.05) is 5.56 Å². The standard InChI is InChI=1S/C19H23NO3S/c1-14(2)19(20-13-18(21)16-7-5-4-6-8-16)24(22,23)17-11-9-15(3)10-12-17/h4-12,14,19-20H,13H2,1-3H3. The lowest BCUT2D eigenvalue weighted by atomic mass is 10.1. The van der Waals surface area contributed by atoms with Gasteiger partial charge in [0.1, 0.15) is 5.37 Å². The zero-order valence-electron chi connectivity index (χ0n) is 14.2. The monoisotopic (exact) mass is 345 g/mol. The Kier molecular flexibility index (Phi) is 5.91. The van der Waals surface area contributed by atoms with Gasteiger partial charge in [-0.15, -0.1) is 0 Å². The fourth-order valence-corrected chi connectivity index (χ4v) is 4.33. The zero-order chi connectivity index (χ0) is 17.7. The third-order valence-electron chi connectivity index (χ3n) is 3.85. The van der Waals surface area contributed by atoms with Crippen LogP contribution in [0.3, 0.4) is 0 Å². The third-order valence-corrected chi connectivity index (χ3v) is 6.16. The van der Waals surface area contributed by atoms with Gasteiger partial charge in [-0.3, -0.25) is 10.1 Å². The summed E-state index contributed by atoms with van der Waals surface area (Å²) in [5, 5.41) is 2.12. The van der Waals surface area contributed by atoms with Gasteiger partial charge in [-0.1, -0.05) is 61.9 Å². The average Bonchev–Trinajstić information content (AvgIpc) is 2.55. The van der Waals surface area contributed by atoms with Gasteiger partial charge < -0.3 is 0 Å². The molecule has 0 aromatic heterocycles. The fourth-order valence-electron chi connectivity index (χ4n) is 2.50. The Morgan fingerprint density at radius 3 is 2.12 bits per heavy atom. The molecule has 1 atom stereocenters. The molecule has 0 aliphatic rings. The van der Waals surface area contributed by atoms with Crippen LogP contribution in [-0.2, 0) is 9.84 Å². The van der Waals surface area contributed by atoms with Crippen LogP contribution in [0.5, 0.6) is 0 Å². The van der Waals surface area contributed by atoms with Gasteiger partial charge >= 0.3 is 0 Å². The molecule has 0 spiro atoms. The fraction of sp³-hybridized carbons (Fsp3) is 0.316. The highest BCUT2D eigenvalue weighted by Crippen LogP contribution is 2.20. The van der Waals surface area contributed by atoms with Crippen molar-refractivity contribution in [1.82, 2.24) is 5.32 Å². The lowest BCUT2D eigenvalue weighted by molar-refractivity contribution is 0.0989. The van der Waals surface area contributed by atoms with Gasteiger partial charge in [0.05, 0.1) is 11.4 Å². The largest absolute Gasteiger partial charge is 0.293 e. The summed E-state index contributed by atoms with van der Waals surface area (Å²) in [7, 11) is -3.56. The van der Waals surface area contributed by atoms with Crippen LogP contribution in [0.15, 0.2) is 59.5 Å². The Balaban J connectivity index is 2.17. The molecule has 0 aliphatic heterocycles. The molecule has 0 fully saturated rings. The number of rotatable bonds is 7. The number of sulfone groups is 1. The van der Waals surface area contributed by atoms with E-state index in [2.05, 4.69) is 5.32 Å². The first-order valence-corrected chi connectivity index (χ1v) is 9.49. The molecule has 1 N–H and O–H groups in total. The summed E-state index contributed by atoms with van der Waals surface area (Å²) in [6.45, 7) is 5.55. The predicted molar refractivity (Wildman–Crippen MR) is 95.8 cm³/mol. The molecule has 2 rings (SSSR count). The van der Waals surface area contributed by atoms with E-state index in [9.17, 15) is 13.2 Å². The maximum Gasteiger partial charge on any atom is 0.194 e. The van der Waals surface area contributed by atoms with E-state index in [0.717, 1.165) is 5.56 Å². The summed E-state index contributed by atoms with van der Waals surface area (Å²) in [6, 6.07) is 15.6. The predicted octanol–water partition coefficient (Wildman–Crippen LogP) is 3.22. The third kappa shape index (κ3) is 4.30. The number of Topliss-reactive ketones (excluding diaryl/α,β-unsaturated/α-hetero) is 1. The van der Waals surface area contributed by atoms with E-state index in [1.54, 1.807) is 48.5 Å². The summed E-state index contributed by atoms with van der Waals surface area (Å²) in [6.07, 6.45) is 0. The molecule has 0 bridgehead atoms. The average molecular weight is 345 g/mol. The Morgan fingerprint density at radius 1 is 1.00 bits per heavy atom. The van der Waals surface area contributed by atoms with Crippen LogP contribution >= 0.6 is 0 Å². The Hall–Kier alpha value is -1.98. The minimum absolute atomic E-state index is 0.0159. The van der Waals surface area contributed by atoms with Crippen molar-refractivity contribution in [2.24, 2.45) is 5.92 Å². The summed E-state index contributed by atoms with van der Waals surface area (Å²) in [5.41, 5.74) is 1.57. The second-order valence-electron chi connectivity index (χ2n) is 6.19. The van der Waals surface area contributed by atoms with Crippen LogP contribution in [0.25, 0.3) is 0 Å². The maximum atomic E-state index is 12.9. The topological polar surface area (TPSA) is 63.2 Å². The van der Waals surface area contributed by atoms with Crippen LogP contribution in [-0.4, -0.2) is 26.1 Å². The van der Waals surface area contributed by atoms with Crippen molar-refractivity contribution in [2.45, 2.75) is 31.0 Å². The van der Waals surface area contributed by atoms with Crippen LogP contribution in [0.4, 0.5) is 0 Å². The molecule has 0 heterocycles. The maximum absolute atomic E-state index is 12.9. The molecule has 0 radical (unpaired) electrons. The zero-order valence-corrected chi connectivity index (χ0v) is 15.0. The summed E-state index contributed by atoms with van der Waals surface area (Å²) in [5.74, 6) is -0.291. The second-order valence-corrected chi connectivity index (χ2v) is 8.26. The van der Waals surface area contributed by atoms with Gasteiger partial charge in [-0.2, -0.15) is 0 Å². The van der Waals surface area contributed by atoms with Crippen molar-refractivity contribution in [2.75, 3.05) is 6.54 Å². The molecule has 0 saturated carbocycles. The number of benzene rings is 2. The summed E-state index contributed by atoms with van der Waals surface area (Å²) < 4.78 is 25.7. The molecular weight excluding hydrogens is 322 g/mol. The van der Waals surface area contributed by atoms with E-state index in [4.69, 9.17) is 0 Å². The quantitative estimate of drug-likeness (QED) is 0.783. The van der Waals surface area contributed by atoms with Gasteiger partial charge in [0.2, 0.25) is 0 Å². The van der Waals surface area contributed by atoms with Crippen molar-refractivity contribution >= 4 is 15.6 Å². The van der Waals surface area contributed by atoms with E-state index in [0.29, 0.717) is 5.56 Å². The number of carbonyl (C=O) groups excluding carboxylic acids is 1. The van der Waals surface area contributed by atoms with Gasteiger partial charge in [-0.25, -0.2) is 8.42 Å². The number of hydrogen-bond donors (Lipinski definition) is 1. The molecule has 1 unspecified atom stereocenters. The number of nitrogens with one attached hydrogen (secondary N) is 1. The number of hydrogen-bond acceptors (Lipinski definition) is 4. The van der Waals surface area contributed by atoms with Crippen LogP contribution in [0.1, 0.15) is 29.8 Å². The Morgan fingerprint density at radius 2 is 1.58 bits per heavy atom. The van der Waals surface area contributed by atoms with Gasteiger partial charge in [0.15, 0.2) is 15.6 Å². The van der Waals surface area contributed by atoms with Crippen LogP contribution < -0.4 is 5.32 Å². The lowest BCUT2D eigenvalue weighted by Crippen LogP contribution is -2.43. The van der Waals surface area contributed by atoms with E-state index in [-0.39, 0.29) is 23.1 Å². The molecule has 2 aromatic rings. The van der Waals surface area contributed by atoms with Gasteiger partial charge in [0.25, 0.3) is 0 Å². The normalized spacial score (nSPS) is 13.0. The number of carbonyl (C=O) groups is 1. The number of ketones is 1. The Labute approximate surface area is 143 Å². The summed E-state index contributed by atoms with van der Waals surface area (Å²) >= 11 is 0. The first-order chi connectivity index (χ1) is 11.3. The van der Waals surface area contributed by atoms with E-state index in [1.165, 1.54) is 0 Å². The van der Waals surface area contributed by atoms with Crippen molar-refractivity contribution in [1.29, 1.82) is 0 Å². The van der Waals surface area contributed by atoms with E-state index < -0.39 is 15.2 Å². The second kappa shape index (κ2) is 7.73. The number of aryl methyl sites for hydroxylation is 1. The lowest BCUT2D eigenvalue weighted by Gasteiger charge is -2.22. The molecule has 128 valence electrons. The highest BCUT2D eigenvalue weighted by Gasteiger charge is 2.30. The van der Waals surface area contributed by atoms with Crippen LogP contribution in [0.2, 0.25) is 0 Å². The first-order valence-electron chi connectivity index (χ1n) is 7.94. The van der Waals surface area contributed by atoms with Crippen LogP contribution in [0, 0.1) is 12.8 Å². The van der Waals surface area contributed by atoms with Crippen molar-refractivity contribution in [3.8, 4) is 0 Å². The van der Waals surface area contributed by atoms with Crippen molar-refractivity contribution in [3.63, 3.8) is 0 Å². The molecule has 4 nitrogen and oxygen atoms in total. The van der Waals surface area contributed by atoms with E-state index >= 15 is 0 Å². The highest BCUT2D eigenvalue weighted by molar-refractivity contribution is 7.92. The molecule has 0 aliphatic carbocycles. The molecule has 5 heteroatoms. The smallest absolute Gasteiger partial charge is 0.194 e. The first kappa shape index (κ1) is 18.4. The van der Waals surface area contributed by atoms with E-state index in [1.807, 2.05) is 26.8 Å². The molecule has 2 aromatic carbocycles. The van der Waals surface area contributed by atoms with Gasteiger partial charge in [-0.05, 0) is 25.0 Å². The van der Waals surface area contributed by atoms with Crippen molar-refractivity contribution < 1.29 is 13.2 Å².